The van der Waals surface area contributed by atoms with Gasteiger partial charge in [0.05, 0.1) is 11.4 Å². The number of carbonyl (C=O) groups excluding carboxylic acids is 1. The van der Waals surface area contributed by atoms with E-state index >= 15 is 0 Å². The van der Waals surface area contributed by atoms with Crippen LogP contribution in [-0.2, 0) is 0 Å². The lowest BCUT2D eigenvalue weighted by molar-refractivity contribution is 0.0466. The lowest BCUT2D eigenvalue weighted by Gasteiger charge is -2.39. The summed E-state index contributed by atoms with van der Waals surface area (Å²) in [5.74, 6) is 1.64. The number of amides is 1. The number of anilines is 2. The van der Waals surface area contributed by atoms with Gasteiger partial charge in [0.2, 0.25) is 0 Å². The molecule has 0 aromatic heterocycles. The van der Waals surface area contributed by atoms with Crippen LogP contribution >= 0.6 is 24.8 Å². The molecule has 2 bridgehead atoms. The molecule has 2 aromatic carbocycles. The topological polar surface area (TPSA) is 67.6 Å². The van der Waals surface area contributed by atoms with Gasteiger partial charge in [-0.2, -0.15) is 0 Å². The minimum absolute atomic E-state index is 0. The maximum absolute atomic E-state index is 12.5. The quantitative estimate of drug-likeness (QED) is 0.581. The molecule has 5 rings (SSSR count). The molecule has 2 aliphatic heterocycles. The molecule has 2 unspecified atom stereocenters. The van der Waals surface area contributed by atoms with E-state index in [1.54, 1.807) is 12.1 Å². The zero-order chi connectivity index (χ0) is 19.8. The number of fused-ring (bicyclic) bond motifs is 2. The molecule has 1 amide bonds. The highest BCUT2D eigenvalue weighted by molar-refractivity contribution is 6.05. The summed E-state index contributed by atoms with van der Waals surface area (Å²) in [5, 5.41) is 2.86. The van der Waals surface area contributed by atoms with Crippen LogP contribution in [0.2, 0.25) is 0 Å². The van der Waals surface area contributed by atoms with Gasteiger partial charge in [0.15, 0.2) is 0 Å². The van der Waals surface area contributed by atoms with E-state index in [0.29, 0.717) is 29.0 Å². The summed E-state index contributed by atoms with van der Waals surface area (Å²) < 4.78 is 6.30. The molecule has 1 aliphatic carbocycles. The third kappa shape index (κ3) is 5.46. The molecule has 0 spiro atoms. The summed E-state index contributed by atoms with van der Waals surface area (Å²) in [5.41, 5.74) is 7.69. The summed E-state index contributed by atoms with van der Waals surface area (Å²) in [7, 11) is 0. The molecule has 7 heteroatoms. The van der Waals surface area contributed by atoms with E-state index in [9.17, 15) is 4.79 Å². The number of nitrogens with zero attached hydrogens (tertiary/aromatic N) is 1. The fourth-order valence-corrected chi connectivity index (χ4v) is 4.90. The Labute approximate surface area is 196 Å². The first-order chi connectivity index (χ1) is 14.2. The number of nitrogens with two attached hydrogens (primary N) is 1. The fraction of sp³-hybridized carbons (Fsp3) is 0.458. The van der Waals surface area contributed by atoms with Crippen molar-refractivity contribution in [3.63, 3.8) is 0 Å². The smallest absolute Gasteiger partial charge is 0.255 e. The van der Waals surface area contributed by atoms with E-state index in [0.717, 1.165) is 24.5 Å². The Balaban J connectivity index is 0.00000136. The minimum atomic E-state index is -0.166. The average molecular weight is 464 g/mol. The van der Waals surface area contributed by atoms with Crippen molar-refractivity contribution in [2.24, 2.45) is 5.92 Å². The lowest BCUT2D eigenvalue weighted by atomic mass is 9.99. The van der Waals surface area contributed by atoms with Gasteiger partial charge in [-0.1, -0.05) is 12.1 Å². The highest BCUT2D eigenvalue weighted by Gasteiger charge is 2.43. The van der Waals surface area contributed by atoms with Crippen molar-refractivity contribution in [1.29, 1.82) is 0 Å². The first-order valence-corrected chi connectivity index (χ1v) is 10.8. The monoisotopic (exact) mass is 463 g/mol. The van der Waals surface area contributed by atoms with Crippen molar-refractivity contribution in [3.05, 3.63) is 54.1 Å². The molecule has 2 aromatic rings. The van der Waals surface area contributed by atoms with Gasteiger partial charge >= 0.3 is 0 Å². The second kappa shape index (κ2) is 10.1. The number of carbonyl (C=O) groups is 1. The van der Waals surface area contributed by atoms with Crippen molar-refractivity contribution in [2.75, 3.05) is 17.6 Å². The van der Waals surface area contributed by atoms with Gasteiger partial charge in [-0.3, -0.25) is 9.69 Å². The SMILES string of the molecule is Cl.Cl.Nc1ccccc1NC(=O)c1ccc(OC2CC3CCC(C2)N3CC2CC2)cc1. The molecule has 3 fully saturated rings. The summed E-state index contributed by atoms with van der Waals surface area (Å²) in [4.78, 5) is 15.2. The first kappa shape index (κ1) is 23.7. The molecule has 168 valence electrons. The Morgan fingerprint density at radius 3 is 2.23 bits per heavy atom. The lowest BCUT2D eigenvalue weighted by Crippen LogP contribution is -2.47. The Morgan fingerprint density at radius 1 is 0.968 bits per heavy atom. The predicted octanol–water partition coefficient (Wildman–Crippen LogP) is 5.15. The van der Waals surface area contributed by atoms with E-state index in [2.05, 4.69) is 10.2 Å². The van der Waals surface area contributed by atoms with Crippen LogP contribution in [0.1, 0.15) is 48.9 Å². The normalized spacial score (nSPS) is 24.6. The van der Waals surface area contributed by atoms with E-state index in [4.69, 9.17) is 10.5 Å². The van der Waals surface area contributed by atoms with Crippen LogP contribution < -0.4 is 15.8 Å². The molecule has 3 N–H and O–H groups in total. The van der Waals surface area contributed by atoms with Gasteiger partial charge < -0.3 is 15.8 Å². The summed E-state index contributed by atoms with van der Waals surface area (Å²) in [6, 6.07) is 16.1. The molecular weight excluding hydrogens is 433 g/mol. The molecule has 0 radical (unpaired) electrons. The number of para-hydroxylation sites is 2. The van der Waals surface area contributed by atoms with Gasteiger partial charge in [0, 0.05) is 24.2 Å². The maximum atomic E-state index is 12.5. The van der Waals surface area contributed by atoms with Crippen LogP contribution in [0.4, 0.5) is 11.4 Å². The maximum Gasteiger partial charge on any atom is 0.255 e. The Bertz CT molecular complexity index is 875. The van der Waals surface area contributed by atoms with Crippen LogP contribution in [0.3, 0.4) is 0 Å². The van der Waals surface area contributed by atoms with Crippen LogP contribution in [0.15, 0.2) is 48.5 Å². The van der Waals surface area contributed by atoms with Crippen molar-refractivity contribution < 1.29 is 9.53 Å². The van der Waals surface area contributed by atoms with E-state index < -0.39 is 0 Å². The van der Waals surface area contributed by atoms with Crippen LogP contribution in [0.5, 0.6) is 5.75 Å². The number of ether oxygens (including phenoxy) is 1. The van der Waals surface area contributed by atoms with Gasteiger partial charge in [0.25, 0.3) is 5.91 Å². The summed E-state index contributed by atoms with van der Waals surface area (Å²) in [6.07, 6.45) is 8.01. The third-order valence-electron chi connectivity index (χ3n) is 6.64. The molecule has 1 saturated carbocycles. The molecule has 2 atom stereocenters. The second-order valence-electron chi connectivity index (χ2n) is 8.80. The number of nitrogens with one attached hydrogen (secondary N) is 1. The number of benzene rings is 2. The van der Waals surface area contributed by atoms with E-state index in [1.165, 1.54) is 32.2 Å². The van der Waals surface area contributed by atoms with Crippen molar-refractivity contribution >= 4 is 42.1 Å². The zero-order valence-electron chi connectivity index (χ0n) is 17.5. The molecular formula is C24H31Cl2N3O2. The van der Waals surface area contributed by atoms with Gasteiger partial charge in [-0.25, -0.2) is 0 Å². The summed E-state index contributed by atoms with van der Waals surface area (Å²) in [6.45, 7) is 1.30. The number of hydrogen-bond acceptors (Lipinski definition) is 4. The van der Waals surface area contributed by atoms with Crippen molar-refractivity contribution in [1.82, 2.24) is 4.90 Å². The van der Waals surface area contributed by atoms with Crippen LogP contribution in [0.25, 0.3) is 0 Å². The zero-order valence-corrected chi connectivity index (χ0v) is 19.2. The summed E-state index contributed by atoms with van der Waals surface area (Å²) >= 11 is 0. The number of rotatable bonds is 6. The van der Waals surface area contributed by atoms with Crippen molar-refractivity contribution in [3.8, 4) is 5.75 Å². The fourth-order valence-electron chi connectivity index (χ4n) is 4.90. The van der Waals surface area contributed by atoms with E-state index in [-0.39, 0.29) is 36.8 Å². The predicted molar refractivity (Wildman–Crippen MR) is 130 cm³/mol. The van der Waals surface area contributed by atoms with Crippen LogP contribution in [0, 0.1) is 5.92 Å². The highest BCUT2D eigenvalue weighted by atomic mass is 35.5. The molecule has 5 nitrogen and oxygen atoms in total. The Morgan fingerprint density at radius 2 is 1.61 bits per heavy atom. The Hall–Kier alpha value is -1.95. The first-order valence-electron chi connectivity index (χ1n) is 10.8. The molecule has 31 heavy (non-hydrogen) atoms. The third-order valence-corrected chi connectivity index (χ3v) is 6.64. The van der Waals surface area contributed by atoms with Gasteiger partial charge in [-0.05, 0) is 80.8 Å². The number of nitrogen functional groups attached to an aromatic ring is 1. The molecule has 2 heterocycles. The van der Waals surface area contributed by atoms with Gasteiger partial charge in [-0.15, -0.1) is 24.8 Å². The Kier molecular flexibility index (Phi) is 7.73. The van der Waals surface area contributed by atoms with Crippen LogP contribution in [-0.4, -0.2) is 35.5 Å². The van der Waals surface area contributed by atoms with Gasteiger partial charge in [0.1, 0.15) is 11.9 Å². The highest BCUT2D eigenvalue weighted by Crippen LogP contribution is 2.41. The minimum Gasteiger partial charge on any atom is -0.490 e. The number of piperidine rings is 1. The number of hydrogen-bond donors (Lipinski definition) is 2. The second-order valence-corrected chi connectivity index (χ2v) is 8.80. The molecule has 2 saturated heterocycles. The van der Waals surface area contributed by atoms with Crippen molar-refractivity contribution in [2.45, 2.75) is 56.7 Å². The average Bonchev–Trinajstić information content (AvgIpc) is 3.50. The number of halogens is 2. The molecule has 3 aliphatic rings. The standard InChI is InChI=1S/C24H29N3O2.2ClH/c25-22-3-1-2-4-23(22)26-24(28)17-7-11-20(12-8-17)29-21-13-18-9-10-19(14-21)27(18)15-16-5-6-16;;/h1-4,7-8,11-12,16,18-19,21H,5-6,9-10,13-15,25H2,(H,26,28);2*1H. The largest absolute Gasteiger partial charge is 0.490 e. The van der Waals surface area contributed by atoms with E-state index in [1.807, 2.05) is 36.4 Å².